The maximum Gasteiger partial charge on any atom is 0.219 e. The molecule has 1 aromatic rings. The summed E-state index contributed by atoms with van der Waals surface area (Å²) in [4.78, 5) is 11.0. The number of hydrogen-bond acceptors (Lipinski definition) is 3. The Kier molecular flexibility index (Phi) is 4.92. The largest absolute Gasteiger partial charge is 0.370 e. The lowest BCUT2D eigenvalue weighted by molar-refractivity contribution is -0.119. The number of nitrogens with two attached hydrogens (primary N) is 1. The van der Waals surface area contributed by atoms with Gasteiger partial charge in [0.1, 0.15) is 0 Å². The van der Waals surface area contributed by atoms with Gasteiger partial charge in [-0.05, 0) is 36.2 Å². The Morgan fingerprint density at radius 3 is 2.61 bits per heavy atom. The second kappa shape index (κ2) is 5.84. The van der Waals surface area contributed by atoms with E-state index in [-0.39, 0.29) is 11.4 Å². The quantitative estimate of drug-likeness (QED) is 0.835. The molecule has 1 amide bonds. The van der Waals surface area contributed by atoms with Crippen molar-refractivity contribution in [3.63, 3.8) is 0 Å². The number of nitrogens with one attached hydrogen (secondary N) is 1. The van der Waals surface area contributed by atoms with Crippen molar-refractivity contribution in [1.29, 1.82) is 0 Å². The van der Waals surface area contributed by atoms with Gasteiger partial charge in [0.05, 0.1) is 15.9 Å². The molecule has 3 N–H and O–H groups in total. The molecule has 102 valence electrons. The Morgan fingerprint density at radius 1 is 1.56 bits per heavy atom. The SMILES string of the molecule is CCc1nn(C)c(CNC(C)(C)CC(N)=O)c1Br. The fraction of sp³-hybridized carbons (Fsp3) is 0.667. The molecule has 0 radical (unpaired) electrons. The van der Waals surface area contributed by atoms with E-state index in [1.165, 1.54) is 0 Å². The van der Waals surface area contributed by atoms with Crippen LogP contribution in [0.4, 0.5) is 0 Å². The molecular weight excluding hydrogens is 296 g/mol. The number of primary amides is 1. The number of rotatable bonds is 6. The second-order valence-corrected chi connectivity index (χ2v) is 5.86. The third-order valence-electron chi connectivity index (χ3n) is 2.85. The topological polar surface area (TPSA) is 72.9 Å². The smallest absolute Gasteiger partial charge is 0.219 e. The number of carbonyl (C=O) groups excluding carboxylic acids is 1. The van der Waals surface area contributed by atoms with E-state index in [0.29, 0.717) is 13.0 Å². The number of halogens is 1. The van der Waals surface area contributed by atoms with Gasteiger partial charge in [-0.2, -0.15) is 5.10 Å². The van der Waals surface area contributed by atoms with E-state index in [1.54, 1.807) is 0 Å². The molecule has 0 fully saturated rings. The van der Waals surface area contributed by atoms with Crippen molar-refractivity contribution in [2.45, 2.75) is 45.7 Å². The minimum Gasteiger partial charge on any atom is -0.370 e. The molecule has 0 aromatic carbocycles. The van der Waals surface area contributed by atoms with Crippen molar-refractivity contribution >= 4 is 21.8 Å². The lowest BCUT2D eigenvalue weighted by atomic mass is 10.0. The first kappa shape index (κ1) is 15.2. The molecule has 1 aromatic heterocycles. The zero-order chi connectivity index (χ0) is 13.9. The van der Waals surface area contributed by atoms with E-state index >= 15 is 0 Å². The summed E-state index contributed by atoms with van der Waals surface area (Å²) < 4.78 is 2.89. The predicted molar refractivity (Wildman–Crippen MR) is 75.0 cm³/mol. The van der Waals surface area contributed by atoms with Crippen molar-refractivity contribution in [2.75, 3.05) is 0 Å². The standard InChI is InChI=1S/C12H21BrN4O/c1-5-8-11(13)9(17(4)16-8)7-15-12(2,3)6-10(14)18/h15H,5-7H2,1-4H3,(H2,14,18). The Labute approximate surface area is 116 Å². The van der Waals surface area contributed by atoms with Gasteiger partial charge < -0.3 is 11.1 Å². The number of nitrogens with zero attached hydrogens (tertiary/aromatic N) is 2. The van der Waals surface area contributed by atoms with E-state index in [9.17, 15) is 4.79 Å². The summed E-state index contributed by atoms with van der Waals surface area (Å²) in [6.07, 6.45) is 1.20. The van der Waals surface area contributed by atoms with Gasteiger partial charge in [0.15, 0.2) is 0 Å². The highest BCUT2D eigenvalue weighted by atomic mass is 79.9. The van der Waals surface area contributed by atoms with Crippen LogP contribution in [0.3, 0.4) is 0 Å². The zero-order valence-electron chi connectivity index (χ0n) is 11.4. The Hall–Kier alpha value is -0.880. The summed E-state index contributed by atoms with van der Waals surface area (Å²) in [6.45, 7) is 6.64. The summed E-state index contributed by atoms with van der Waals surface area (Å²) in [6, 6.07) is 0. The molecule has 1 rings (SSSR count). The fourth-order valence-electron chi connectivity index (χ4n) is 1.83. The van der Waals surface area contributed by atoms with Crippen LogP contribution in [0.2, 0.25) is 0 Å². The van der Waals surface area contributed by atoms with Crippen LogP contribution in [0.15, 0.2) is 4.47 Å². The molecular formula is C12H21BrN4O. The van der Waals surface area contributed by atoms with Crippen LogP contribution in [-0.4, -0.2) is 21.2 Å². The molecule has 0 aliphatic carbocycles. The molecule has 0 bridgehead atoms. The normalized spacial score (nSPS) is 11.8. The van der Waals surface area contributed by atoms with Gasteiger partial charge in [0.25, 0.3) is 0 Å². The van der Waals surface area contributed by atoms with Crippen molar-refractivity contribution in [3.8, 4) is 0 Å². The summed E-state index contributed by atoms with van der Waals surface area (Å²) >= 11 is 3.57. The van der Waals surface area contributed by atoms with Gasteiger partial charge in [0.2, 0.25) is 5.91 Å². The summed E-state index contributed by atoms with van der Waals surface area (Å²) in [5, 5.41) is 7.76. The average molecular weight is 317 g/mol. The van der Waals surface area contributed by atoms with Gasteiger partial charge >= 0.3 is 0 Å². The van der Waals surface area contributed by atoms with Gasteiger partial charge in [-0.15, -0.1) is 0 Å². The van der Waals surface area contributed by atoms with E-state index in [4.69, 9.17) is 5.73 Å². The molecule has 0 saturated carbocycles. The fourth-order valence-corrected chi connectivity index (χ4v) is 2.59. The first-order valence-electron chi connectivity index (χ1n) is 6.00. The monoisotopic (exact) mass is 316 g/mol. The molecule has 0 aliphatic rings. The van der Waals surface area contributed by atoms with Crippen LogP contribution in [0, 0.1) is 0 Å². The van der Waals surface area contributed by atoms with Crippen LogP contribution in [-0.2, 0) is 24.8 Å². The maximum absolute atomic E-state index is 11.0. The highest BCUT2D eigenvalue weighted by Crippen LogP contribution is 2.22. The van der Waals surface area contributed by atoms with Gasteiger partial charge in [0, 0.05) is 25.6 Å². The Balaban J connectivity index is 2.74. The highest BCUT2D eigenvalue weighted by molar-refractivity contribution is 9.10. The molecule has 1 heterocycles. The van der Waals surface area contributed by atoms with E-state index < -0.39 is 0 Å². The Morgan fingerprint density at radius 2 is 2.17 bits per heavy atom. The number of aromatic nitrogens is 2. The van der Waals surface area contributed by atoms with Crippen LogP contribution < -0.4 is 11.1 Å². The number of aryl methyl sites for hydroxylation is 2. The number of carbonyl (C=O) groups is 1. The number of amides is 1. The molecule has 6 heteroatoms. The van der Waals surface area contributed by atoms with Crippen LogP contribution in [0.1, 0.15) is 38.6 Å². The third-order valence-corrected chi connectivity index (χ3v) is 3.77. The molecule has 0 aliphatic heterocycles. The minimum absolute atomic E-state index is 0.300. The molecule has 18 heavy (non-hydrogen) atoms. The third kappa shape index (κ3) is 3.81. The van der Waals surface area contributed by atoms with Crippen molar-refractivity contribution < 1.29 is 4.79 Å². The molecule has 0 saturated heterocycles. The number of hydrogen-bond donors (Lipinski definition) is 2. The summed E-state index contributed by atoms with van der Waals surface area (Å²) in [5.41, 5.74) is 7.03. The first-order valence-corrected chi connectivity index (χ1v) is 6.79. The molecule has 0 unspecified atom stereocenters. The lowest BCUT2D eigenvalue weighted by Crippen LogP contribution is -2.42. The molecule has 0 atom stereocenters. The first-order chi connectivity index (χ1) is 8.26. The van der Waals surface area contributed by atoms with Crippen LogP contribution >= 0.6 is 15.9 Å². The van der Waals surface area contributed by atoms with E-state index in [0.717, 1.165) is 22.3 Å². The van der Waals surface area contributed by atoms with Crippen LogP contribution in [0.5, 0.6) is 0 Å². The summed E-state index contributed by atoms with van der Waals surface area (Å²) in [7, 11) is 1.92. The molecule has 0 spiro atoms. The van der Waals surface area contributed by atoms with E-state index in [1.807, 2.05) is 25.6 Å². The van der Waals surface area contributed by atoms with E-state index in [2.05, 4.69) is 33.3 Å². The maximum atomic E-state index is 11.0. The minimum atomic E-state index is -0.318. The Bertz CT molecular complexity index is 440. The second-order valence-electron chi connectivity index (χ2n) is 5.07. The van der Waals surface area contributed by atoms with Crippen molar-refractivity contribution in [3.05, 3.63) is 15.9 Å². The molecule has 5 nitrogen and oxygen atoms in total. The van der Waals surface area contributed by atoms with Gasteiger partial charge in [-0.3, -0.25) is 9.48 Å². The van der Waals surface area contributed by atoms with Crippen LogP contribution in [0.25, 0.3) is 0 Å². The van der Waals surface area contributed by atoms with Gasteiger partial charge in [-0.25, -0.2) is 0 Å². The average Bonchev–Trinajstić information content (AvgIpc) is 2.49. The zero-order valence-corrected chi connectivity index (χ0v) is 13.0. The highest BCUT2D eigenvalue weighted by Gasteiger charge is 2.21. The van der Waals surface area contributed by atoms with Crippen molar-refractivity contribution in [2.24, 2.45) is 12.8 Å². The van der Waals surface area contributed by atoms with Crippen molar-refractivity contribution in [1.82, 2.24) is 15.1 Å². The van der Waals surface area contributed by atoms with Gasteiger partial charge in [-0.1, -0.05) is 6.92 Å². The lowest BCUT2D eigenvalue weighted by Gasteiger charge is -2.24. The predicted octanol–water partition coefficient (Wildman–Crippen LogP) is 1.49. The summed E-state index contributed by atoms with van der Waals surface area (Å²) in [5.74, 6) is -0.300.